The number of hydrogen-bond acceptors (Lipinski definition) is 2. The number of aromatic amines is 1. The van der Waals surface area contributed by atoms with Crippen molar-refractivity contribution in [2.75, 3.05) is 26.8 Å². The number of methoxy groups -OCH3 is 1. The Hall–Kier alpha value is -1.81. The van der Waals surface area contributed by atoms with Crippen LogP contribution in [0.1, 0.15) is 23.2 Å². The van der Waals surface area contributed by atoms with Gasteiger partial charge in [-0.2, -0.15) is 0 Å². The molecule has 20 heavy (non-hydrogen) atoms. The van der Waals surface area contributed by atoms with E-state index in [0.717, 1.165) is 49.0 Å². The molecule has 3 rings (SSSR count). The Kier molecular flexibility index (Phi) is 3.74. The van der Waals surface area contributed by atoms with Crippen molar-refractivity contribution in [1.82, 2.24) is 9.88 Å². The summed E-state index contributed by atoms with van der Waals surface area (Å²) in [6.07, 6.45) is 4.10. The highest BCUT2D eigenvalue weighted by molar-refractivity contribution is 5.98. The van der Waals surface area contributed by atoms with Crippen molar-refractivity contribution >= 4 is 16.8 Å². The molecule has 106 valence electrons. The summed E-state index contributed by atoms with van der Waals surface area (Å²) in [5, 5.41) is 1.14. The number of carbonyl (C=O) groups is 1. The van der Waals surface area contributed by atoms with Gasteiger partial charge in [-0.25, -0.2) is 0 Å². The van der Waals surface area contributed by atoms with E-state index in [4.69, 9.17) is 4.74 Å². The number of amides is 1. The largest absolute Gasteiger partial charge is 0.384 e. The molecule has 0 aliphatic carbocycles. The minimum Gasteiger partial charge on any atom is -0.384 e. The average molecular weight is 272 g/mol. The number of hydrogen-bond donors (Lipinski definition) is 1. The predicted molar refractivity (Wildman–Crippen MR) is 78.8 cm³/mol. The monoisotopic (exact) mass is 272 g/mol. The Morgan fingerprint density at radius 2 is 2.35 bits per heavy atom. The van der Waals surface area contributed by atoms with E-state index in [9.17, 15) is 4.79 Å². The molecule has 0 saturated carbocycles. The Bertz CT molecular complexity index is 603. The molecule has 0 spiro atoms. The maximum absolute atomic E-state index is 12.6. The molecule has 1 amide bonds. The Morgan fingerprint density at radius 1 is 1.45 bits per heavy atom. The fourth-order valence-corrected chi connectivity index (χ4v) is 2.98. The van der Waals surface area contributed by atoms with Gasteiger partial charge in [0, 0.05) is 37.5 Å². The Balaban J connectivity index is 1.77. The van der Waals surface area contributed by atoms with Crippen LogP contribution in [0.4, 0.5) is 0 Å². The zero-order valence-electron chi connectivity index (χ0n) is 11.8. The smallest absolute Gasteiger partial charge is 0.253 e. The van der Waals surface area contributed by atoms with Crippen molar-refractivity contribution in [3.8, 4) is 0 Å². The van der Waals surface area contributed by atoms with E-state index in [1.807, 2.05) is 35.4 Å². The van der Waals surface area contributed by atoms with E-state index in [2.05, 4.69) is 4.98 Å². The number of piperidine rings is 1. The summed E-state index contributed by atoms with van der Waals surface area (Å²) < 4.78 is 5.22. The van der Waals surface area contributed by atoms with Crippen LogP contribution in [0, 0.1) is 5.92 Å². The van der Waals surface area contributed by atoms with Gasteiger partial charge < -0.3 is 14.6 Å². The summed E-state index contributed by atoms with van der Waals surface area (Å²) >= 11 is 0. The third kappa shape index (κ3) is 2.56. The van der Waals surface area contributed by atoms with Gasteiger partial charge >= 0.3 is 0 Å². The van der Waals surface area contributed by atoms with Crippen LogP contribution < -0.4 is 0 Å². The molecular weight excluding hydrogens is 252 g/mol. The van der Waals surface area contributed by atoms with E-state index in [1.54, 1.807) is 7.11 Å². The minimum atomic E-state index is 0.127. The summed E-state index contributed by atoms with van der Waals surface area (Å²) in [6.45, 7) is 2.39. The number of carbonyl (C=O) groups excluding carboxylic acids is 1. The molecule has 2 aromatic rings. The second-order valence-electron chi connectivity index (χ2n) is 5.49. The molecular formula is C16H20N2O2. The third-order valence-electron chi connectivity index (χ3n) is 4.01. The molecule has 1 unspecified atom stereocenters. The van der Waals surface area contributed by atoms with Gasteiger partial charge in [-0.3, -0.25) is 4.79 Å². The molecule has 0 bridgehead atoms. The Morgan fingerprint density at radius 3 is 3.20 bits per heavy atom. The Labute approximate surface area is 118 Å². The maximum atomic E-state index is 12.6. The maximum Gasteiger partial charge on any atom is 0.253 e. The number of fused-ring (bicyclic) bond motifs is 1. The number of benzene rings is 1. The van der Waals surface area contributed by atoms with Gasteiger partial charge in [-0.1, -0.05) is 6.07 Å². The molecule has 1 aliphatic rings. The molecule has 4 nitrogen and oxygen atoms in total. The lowest BCUT2D eigenvalue weighted by atomic mass is 9.98. The molecule has 4 heteroatoms. The van der Waals surface area contributed by atoms with Gasteiger partial charge in [0.1, 0.15) is 0 Å². The first kappa shape index (κ1) is 13.2. The standard InChI is InChI=1S/C16H20N2O2/c1-20-11-12-3-2-8-18(10-12)16(19)14-5-4-13-6-7-17-15(13)9-14/h4-7,9,12,17H,2-3,8,10-11H2,1H3. The lowest BCUT2D eigenvalue weighted by molar-refractivity contribution is 0.0571. The van der Waals surface area contributed by atoms with Crippen LogP contribution >= 0.6 is 0 Å². The molecule has 1 aliphatic heterocycles. The van der Waals surface area contributed by atoms with Crippen LogP contribution in [-0.2, 0) is 4.74 Å². The van der Waals surface area contributed by atoms with Gasteiger partial charge in [-0.05, 0) is 42.3 Å². The summed E-state index contributed by atoms with van der Waals surface area (Å²) in [6, 6.07) is 7.87. The first-order chi connectivity index (χ1) is 9.78. The fourth-order valence-electron chi connectivity index (χ4n) is 2.98. The number of nitrogens with zero attached hydrogens (tertiary/aromatic N) is 1. The van der Waals surface area contributed by atoms with E-state index < -0.39 is 0 Å². The van der Waals surface area contributed by atoms with E-state index in [0.29, 0.717) is 5.92 Å². The van der Waals surface area contributed by atoms with E-state index in [1.165, 1.54) is 0 Å². The molecule has 1 atom stereocenters. The minimum absolute atomic E-state index is 0.127. The lowest BCUT2D eigenvalue weighted by Gasteiger charge is -2.32. The van der Waals surface area contributed by atoms with Crippen molar-refractivity contribution in [2.45, 2.75) is 12.8 Å². The van der Waals surface area contributed by atoms with Crippen molar-refractivity contribution in [1.29, 1.82) is 0 Å². The summed E-state index contributed by atoms with van der Waals surface area (Å²) in [7, 11) is 1.72. The second kappa shape index (κ2) is 5.67. The molecule has 1 fully saturated rings. The summed E-state index contributed by atoms with van der Waals surface area (Å²) in [5.41, 5.74) is 1.78. The zero-order chi connectivity index (χ0) is 13.9. The van der Waals surface area contributed by atoms with Crippen molar-refractivity contribution in [2.24, 2.45) is 5.92 Å². The quantitative estimate of drug-likeness (QED) is 0.933. The number of H-pyrrole nitrogens is 1. The summed E-state index contributed by atoms with van der Waals surface area (Å²) in [5.74, 6) is 0.592. The van der Waals surface area contributed by atoms with Crippen LogP contribution in [0.5, 0.6) is 0 Å². The molecule has 1 aromatic heterocycles. The number of ether oxygens (including phenoxy) is 1. The molecule has 1 aromatic carbocycles. The highest BCUT2D eigenvalue weighted by Crippen LogP contribution is 2.20. The van der Waals surface area contributed by atoms with Crippen LogP contribution in [0.2, 0.25) is 0 Å². The normalized spacial score (nSPS) is 19.4. The summed E-state index contributed by atoms with van der Waals surface area (Å²) in [4.78, 5) is 17.7. The fraction of sp³-hybridized carbons (Fsp3) is 0.438. The molecule has 2 heterocycles. The average Bonchev–Trinajstić information content (AvgIpc) is 2.94. The molecule has 1 saturated heterocycles. The van der Waals surface area contributed by atoms with E-state index >= 15 is 0 Å². The molecule has 0 radical (unpaired) electrons. The van der Waals surface area contributed by atoms with Crippen LogP contribution in [0.25, 0.3) is 10.9 Å². The third-order valence-corrected chi connectivity index (χ3v) is 4.01. The predicted octanol–water partition coefficient (Wildman–Crippen LogP) is 2.67. The number of likely N-dealkylation sites (tertiary alicyclic amines) is 1. The second-order valence-corrected chi connectivity index (χ2v) is 5.49. The first-order valence-corrected chi connectivity index (χ1v) is 7.13. The van der Waals surface area contributed by atoms with Crippen LogP contribution in [0.15, 0.2) is 30.5 Å². The molecule has 1 N–H and O–H groups in total. The van der Waals surface area contributed by atoms with Gasteiger partial charge in [-0.15, -0.1) is 0 Å². The highest BCUT2D eigenvalue weighted by Gasteiger charge is 2.24. The van der Waals surface area contributed by atoms with Crippen LogP contribution in [0.3, 0.4) is 0 Å². The zero-order valence-corrected chi connectivity index (χ0v) is 11.8. The number of nitrogens with one attached hydrogen (secondary N) is 1. The lowest BCUT2D eigenvalue weighted by Crippen LogP contribution is -2.41. The van der Waals surface area contributed by atoms with Crippen molar-refractivity contribution < 1.29 is 9.53 Å². The van der Waals surface area contributed by atoms with E-state index in [-0.39, 0.29) is 5.91 Å². The SMILES string of the molecule is COCC1CCCN(C(=O)c2ccc3cc[nH]c3c2)C1. The number of rotatable bonds is 3. The van der Waals surface area contributed by atoms with Crippen LogP contribution in [-0.4, -0.2) is 42.6 Å². The van der Waals surface area contributed by atoms with Gasteiger partial charge in [0.25, 0.3) is 5.91 Å². The highest BCUT2D eigenvalue weighted by atomic mass is 16.5. The topological polar surface area (TPSA) is 45.3 Å². The van der Waals surface area contributed by atoms with Crippen molar-refractivity contribution in [3.63, 3.8) is 0 Å². The van der Waals surface area contributed by atoms with Gasteiger partial charge in [0.05, 0.1) is 6.61 Å². The van der Waals surface area contributed by atoms with Gasteiger partial charge in [0.2, 0.25) is 0 Å². The first-order valence-electron chi connectivity index (χ1n) is 7.13. The number of aromatic nitrogens is 1. The van der Waals surface area contributed by atoms with Gasteiger partial charge in [0.15, 0.2) is 0 Å². The van der Waals surface area contributed by atoms with Crippen molar-refractivity contribution in [3.05, 3.63) is 36.0 Å².